The van der Waals surface area contributed by atoms with Crippen LogP contribution in [-0.2, 0) is 11.2 Å². The summed E-state index contributed by atoms with van der Waals surface area (Å²) >= 11 is 0. The molecule has 6 heteroatoms. The lowest BCUT2D eigenvalue weighted by Gasteiger charge is -2.32. The van der Waals surface area contributed by atoms with Gasteiger partial charge in [0, 0.05) is 24.7 Å². The molecule has 0 unspecified atom stereocenters. The zero-order valence-corrected chi connectivity index (χ0v) is 17.0. The van der Waals surface area contributed by atoms with E-state index in [1.165, 1.54) is 0 Å². The molecule has 2 aromatic carbocycles. The van der Waals surface area contributed by atoms with E-state index in [1.807, 2.05) is 29.2 Å². The molecular formula is C23H28N2O4. The molecule has 3 rings (SSSR count). The molecule has 1 fully saturated rings. The number of methoxy groups -OCH3 is 1. The second kappa shape index (κ2) is 9.96. The van der Waals surface area contributed by atoms with Gasteiger partial charge >= 0.3 is 0 Å². The van der Waals surface area contributed by atoms with Crippen LogP contribution in [-0.4, -0.2) is 49.6 Å². The van der Waals surface area contributed by atoms with Crippen molar-refractivity contribution in [2.24, 2.45) is 0 Å². The quantitative estimate of drug-likeness (QED) is 0.781. The monoisotopic (exact) mass is 396 g/mol. The van der Waals surface area contributed by atoms with Crippen molar-refractivity contribution < 1.29 is 19.1 Å². The number of hydrogen-bond donors (Lipinski definition) is 1. The molecule has 0 spiro atoms. The van der Waals surface area contributed by atoms with Crippen molar-refractivity contribution in [1.82, 2.24) is 10.2 Å². The Balaban J connectivity index is 1.44. The summed E-state index contributed by atoms with van der Waals surface area (Å²) in [5, 5.41) is 3.06. The third-order valence-electron chi connectivity index (χ3n) is 5.24. The summed E-state index contributed by atoms with van der Waals surface area (Å²) in [6, 6.07) is 14.9. The zero-order chi connectivity index (χ0) is 20.6. The third-order valence-corrected chi connectivity index (χ3v) is 5.24. The summed E-state index contributed by atoms with van der Waals surface area (Å²) in [5.74, 6) is 1.37. The summed E-state index contributed by atoms with van der Waals surface area (Å²) in [6.45, 7) is 3.34. The average molecular weight is 396 g/mol. The van der Waals surface area contributed by atoms with Gasteiger partial charge in [-0.3, -0.25) is 9.59 Å². The molecule has 29 heavy (non-hydrogen) atoms. The Morgan fingerprint density at radius 3 is 2.41 bits per heavy atom. The molecule has 1 N–H and O–H groups in total. The Morgan fingerprint density at radius 1 is 1.07 bits per heavy atom. The molecule has 0 saturated carbocycles. The number of amides is 2. The van der Waals surface area contributed by atoms with E-state index < -0.39 is 0 Å². The van der Waals surface area contributed by atoms with Crippen LogP contribution in [0.3, 0.4) is 0 Å². The molecular weight excluding hydrogens is 368 g/mol. The standard InChI is InChI=1S/C23H28N2O4/c1-3-17-6-4-5-7-21(17)29-16-22(26)25-14-12-19(13-15-25)24-23(27)18-8-10-20(28-2)11-9-18/h4-11,19H,3,12-16H2,1-2H3,(H,24,27). The maximum atomic E-state index is 12.5. The predicted octanol–water partition coefficient (Wildman–Crippen LogP) is 3.06. The number of nitrogens with zero attached hydrogens (tertiary/aromatic N) is 1. The predicted molar refractivity (Wildman–Crippen MR) is 111 cm³/mol. The SMILES string of the molecule is CCc1ccccc1OCC(=O)N1CCC(NC(=O)c2ccc(OC)cc2)CC1. The van der Waals surface area contributed by atoms with Crippen molar-refractivity contribution in [3.63, 3.8) is 0 Å². The summed E-state index contributed by atoms with van der Waals surface area (Å²) in [6.07, 6.45) is 2.34. The number of ether oxygens (including phenoxy) is 2. The molecule has 0 bridgehead atoms. The summed E-state index contributed by atoms with van der Waals surface area (Å²) in [4.78, 5) is 26.7. The van der Waals surface area contributed by atoms with E-state index in [0.717, 1.165) is 36.3 Å². The molecule has 1 aliphatic heterocycles. The molecule has 1 saturated heterocycles. The van der Waals surface area contributed by atoms with Gasteiger partial charge in [0.25, 0.3) is 11.8 Å². The van der Waals surface area contributed by atoms with Crippen molar-refractivity contribution in [1.29, 1.82) is 0 Å². The minimum atomic E-state index is -0.100. The lowest BCUT2D eigenvalue weighted by molar-refractivity contribution is -0.134. The molecule has 0 radical (unpaired) electrons. The number of carbonyl (C=O) groups is 2. The van der Waals surface area contributed by atoms with Crippen molar-refractivity contribution in [2.75, 3.05) is 26.8 Å². The molecule has 0 atom stereocenters. The Bertz CT molecular complexity index is 827. The van der Waals surface area contributed by atoms with Crippen LogP contribution in [0.1, 0.15) is 35.7 Å². The van der Waals surface area contributed by atoms with E-state index in [-0.39, 0.29) is 24.5 Å². The van der Waals surface area contributed by atoms with Gasteiger partial charge in [-0.1, -0.05) is 25.1 Å². The van der Waals surface area contributed by atoms with E-state index in [0.29, 0.717) is 18.7 Å². The Hall–Kier alpha value is -3.02. The zero-order valence-electron chi connectivity index (χ0n) is 17.0. The fourth-order valence-corrected chi connectivity index (χ4v) is 3.45. The van der Waals surface area contributed by atoms with Gasteiger partial charge < -0.3 is 19.7 Å². The summed E-state index contributed by atoms with van der Waals surface area (Å²) in [5.41, 5.74) is 1.70. The minimum Gasteiger partial charge on any atom is -0.497 e. The van der Waals surface area contributed by atoms with E-state index in [2.05, 4.69) is 12.2 Å². The number of nitrogens with one attached hydrogen (secondary N) is 1. The Morgan fingerprint density at radius 2 is 1.76 bits per heavy atom. The average Bonchev–Trinajstić information content (AvgIpc) is 2.78. The third kappa shape index (κ3) is 5.50. The van der Waals surface area contributed by atoms with Crippen LogP contribution in [0.4, 0.5) is 0 Å². The molecule has 2 amide bonds. The molecule has 2 aromatic rings. The lowest BCUT2D eigenvalue weighted by atomic mass is 10.0. The maximum absolute atomic E-state index is 12.5. The van der Waals surface area contributed by atoms with E-state index >= 15 is 0 Å². The van der Waals surface area contributed by atoms with Crippen molar-refractivity contribution in [3.05, 3.63) is 59.7 Å². The fourth-order valence-electron chi connectivity index (χ4n) is 3.45. The van der Waals surface area contributed by atoms with E-state index in [4.69, 9.17) is 9.47 Å². The fraction of sp³-hybridized carbons (Fsp3) is 0.391. The maximum Gasteiger partial charge on any atom is 0.260 e. The second-order valence-electron chi connectivity index (χ2n) is 7.11. The van der Waals surface area contributed by atoms with Gasteiger partial charge in [0.1, 0.15) is 11.5 Å². The van der Waals surface area contributed by atoms with Crippen molar-refractivity contribution in [2.45, 2.75) is 32.2 Å². The Labute approximate surface area is 171 Å². The molecule has 0 aromatic heterocycles. The second-order valence-corrected chi connectivity index (χ2v) is 7.11. The van der Waals surface area contributed by atoms with Crippen molar-refractivity contribution >= 4 is 11.8 Å². The van der Waals surface area contributed by atoms with Crippen LogP contribution < -0.4 is 14.8 Å². The molecule has 1 aliphatic rings. The highest BCUT2D eigenvalue weighted by Gasteiger charge is 2.24. The van der Waals surface area contributed by atoms with Gasteiger partial charge in [0.15, 0.2) is 6.61 Å². The number of para-hydroxylation sites is 1. The number of benzene rings is 2. The summed E-state index contributed by atoms with van der Waals surface area (Å²) < 4.78 is 10.9. The highest BCUT2D eigenvalue weighted by molar-refractivity contribution is 5.94. The van der Waals surface area contributed by atoms with Crippen LogP contribution in [0, 0.1) is 0 Å². The molecule has 0 aliphatic carbocycles. The number of aryl methyl sites for hydroxylation is 1. The molecule has 154 valence electrons. The van der Waals surface area contributed by atoms with E-state index in [9.17, 15) is 9.59 Å². The molecule has 1 heterocycles. The van der Waals surface area contributed by atoms with Crippen LogP contribution >= 0.6 is 0 Å². The van der Waals surface area contributed by atoms with Crippen LogP contribution in [0.2, 0.25) is 0 Å². The molecule has 6 nitrogen and oxygen atoms in total. The van der Waals surface area contributed by atoms with Crippen molar-refractivity contribution in [3.8, 4) is 11.5 Å². The highest BCUT2D eigenvalue weighted by atomic mass is 16.5. The van der Waals surface area contributed by atoms with Gasteiger partial charge in [0.05, 0.1) is 7.11 Å². The normalized spacial score (nSPS) is 14.3. The first kappa shape index (κ1) is 20.7. The van der Waals surface area contributed by atoms with Crippen LogP contribution in [0.5, 0.6) is 11.5 Å². The number of piperidine rings is 1. The number of carbonyl (C=O) groups excluding carboxylic acids is 2. The summed E-state index contributed by atoms with van der Waals surface area (Å²) in [7, 11) is 1.60. The minimum absolute atomic E-state index is 0.0177. The van der Waals surface area contributed by atoms with Crippen LogP contribution in [0.15, 0.2) is 48.5 Å². The number of rotatable bonds is 7. The van der Waals surface area contributed by atoms with Gasteiger partial charge in [0.2, 0.25) is 0 Å². The van der Waals surface area contributed by atoms with Gasteiger partial charge in [-0.15, -0.1) is 0 Å². The van der Waals surface area contributed by atoms with Crippen LogP contribution in [0.25, 0.3) is 0 Å². The highest BCUT2D eigenvalue weighted by Crippen LogP contribution is 2.19. The van der Waals surface area contributed by atoms with Gasteiger partial charge in [-0.05, 0) is 55.2 Å². The van der Waals surface area contributed by atoms with Gasteiger partial charge in [-0.2, -0.15) is 0 Å². The number of hydrogen-bond acceptors (Lipinski definition) is 4. The smallest absolute Gasteiger partial charge is 0.260 e. The first-order valence-electron chi connectivity index (χ1n) is 10.0. The largest absolute Gasteiger partial charge is 0.497 e. The first-order chi connectivity index (χ1) is 14.1. The van der Waals surface area contributed by atoms with E-state index in [1.54, 1.807) is 31.4 Å². The topological polar surface area (TPSA) is 67.9 Å². The Kier molecular flexibility index (Phi) is 7.11. The van der Waals surface area contributed by atoms with Gasteiger partial charge in [-0.25, -0.2) is 0 Å². The first-order valence-corrected chi connectivity index (χ1v) is 10.0. The lowest BCUT2D eigenvalue weighted by Crippen LogP contribution is -2.47. The number of likely N-dealkylation sites (tertiary alicyclic amines) is 1.